The number of tetrazole rings is 1. The van der Waals surface area contributed by atoms with Crippen molar-refractivity contribution in [2.45, 2.75) is 19.9 Å². The summed E-state index contributed by atoms with van der Waals surface area (Å²) in [6.07, 6.45) is 0. The first kappa shape index (κ1) is 14.0. The Morgan fingerprint density at radius 3 is 2.65 bits per heavy atom. The monoisotopic (exact) mass is 282 g/mol. The van der Waals surface area contributed by atoms with Crippen LogP contribution in [0.25, 0.3) is 11.4 Å². The van der Waals surface area contributed by atoms with Crippen LogP contribution < -0.4 is 0 Å². The van der Waals surface area contributed by atoms with Crippen molar-refractivity contribution in [1.29, 1.82) is 0 Å². The Balaban J connectivity index is 2.45. The highest BCUT2D eigenvalue weighted by molar-refractivity contribution is 5.70. The summed E-state index contributed by atoms with van der Waals surface area (Å²) in [6, 6.07) is 2.44. The molecule has 0 aliphatic carbocycles. The third kappa shape index (κ3) is 2.49. The average Bonchev–Trinajstić information content (AvgIpc) is 2.85. The zero-order valence-electron chi connectivity index (χ0n) is 10.8. The summed E-state index contributed by atoms with van der Waals surface area (Å²) in [5.41, 5.74) is 0.0147. The van der Waals surface area contributed by atoms with Gasteiger partial charge in [-0.25, -0.2) is 13.5 Å². The lowest BCUT2D eigenvalue weighted by Gasteiger charge is -2.17. The Bertz CT molecular complexity index is 644. The summed E-state index contributed by atoms with van der Waals surface area (Å²) in [4.78, 5) is 11.0. The molecule has 1 N–H and O–H groups in total. The second-order valence-corrected chi connectivity index (χ2v) is 4.44. The van der Waals surface area contributed by atoms with E-state index in [4.69, 9.17) is 5.11 Å². The number of carboxylic acid groups (broad SMARTS) is 1. The number of aromatic nitrogens is 4. The second-order valence-electron chi connectivity index (χ2n) is 4.44. The van der Waals surface area contributed by atoms with E-state index in [2.05, 4.69) is 15.5 Å². The fourth-order valence-electron chi connectivity index (χ4n) is 1.73. The first-order chi connectivity index (χ1) is 9.41. The van der Waals surface area contributed by atoms with E-state index in [-0.39, 0.29) is 11.4 Å². The molecule has 0 amide bonds. The molecule has 106 valence electrons. The molecule has 0 radical (unpaired) electrons. The lowest BCUT2D eigenvalue weighted by atomic mass is 10.0. The molecule has 0 saturated heterocycles. The maximum Gasteiger partial charge on any atom is 0.308 e. The van der Waals surface area contributed by atoms with Crippen molar-refractivity contribution in [1.82, 2.24) is 20.2 Å². The second kappa shape index (κ2) is 5.32. The van der Waals surface area contributed by atoms with Gasteiger partial charge in [0.2, 0.25) is 0 Å². The first-order valence-corrected chi connectivity index (χ1v) is 5.88. The average molecular weight is 282 g/mol. The Morgan fingerprint density at radius 2 is 2.05 bits per heavy atom. The van der Waals surface area contributed by atoms with Gasteiger partial charge in [-0.15, -0.1) is 5.10 Å². The number of aliphatic carboxylic acids is 1. The van der Waals surface area contributed by atoms with Crippen molar-refractivity contribution in [2.75, 3.05) is 0 Å². The highest BCUT2D eigenvalue weighted by Crippen LogP contribution is 2.25. The van der Waals surface area contributed by atoms with Gasteiger partial charge in [-0.05, 0) is 36.4 Å². The van der Waals surface area contributed by atoms with Crippen LogP contribution in [0.15, 0.2) is 18.2 Å². The predicted octanol–water partition coefficient (Wildman–Crippen LogP) is 1.90. The number of halogens is 2. The van der Waals surface area contributed by atoms with Gasteiger partial charge in [0.25, 0.3) is 0 Å². The highest BCUT2D eigenvalue weighted by Gasteiger charge is 2.26. The van der Waals surface area contributed by atoms with Crippen molar-refractivity contribution < 1.29 is 18.7 Å². The first-order valence-electron chi connectivity index (χ1n) is 5.88. The van der Waals surface area contributed by atoms with Crippen LogP contribution in [0, 0.1) is 17.6 Å². The van der Waals surface area contributed by atoms with Crippen molar-refractivity contribution in [3.05, 3.63) is 29.8 Å². The third-order valence-electron chi connectivity index (χ3n) is 3.16. The van der Waals surface area contributed by atoms with Crippen LogP contribution in [0.4, 0.5) is 8.78 Å². The van der Waals surface area contributed by atoms with E-state index in [1.165, 1.54) is 17.7 Å². The van der Waals surface area contributed by atoms with Gasteiger partial charge in [-0.3, -0.25) is 4.79 Å². The van der Waals surface area contributed by atoms with E-state index >= 15 is 0 Å². The summed E-state index contributed by atoms with van der Waals surface area (Å²) in [5.74, 6) is -3.24. The number of hydrogen-bond donors (Lipinski definition) is 1. The van der Waals surface area contributed by atoms with Gasteiger partial charge in [0.1, 0.15) is 11.6 Å². The number of benzene rings is 1. The molecule has 2 rings (SSSR count). The van der Waals surface area contributed by atoms with Gasteiger partial charge >= 0.3 is 5.97 Å². The highest BCUT2D eigenvalue weighted by atomic mass is 19.1. The molecule has 0 aliphatic rings. The SMILES string of the molecule is CC(C(=O)O)C(C)n1nnnc1-c1ccc(F)cc1F. The standard InChI is InChI=1S/C12H12F2N4O2/c1-6(12(19)20)7(2)18-11(15-16-17-18)9-4-3-8(13)5-10(9)14/h3-7H,1-2H3,(H,19,20). The van der Waals surface area contributed by atoms with Crippen LogP contribution in [0.3, 0.4) is 0 Å². The molecule has 6 nitrogen and oxygen atoms in total. The van der Waals surface area contributed by atoms with Crippen LogP contribution in [-0.2, 0) is 4.79 Å². The largest absolute Gasteiger partial charge is 0.481 e. The van der Waals surface area contributed by atoms with Crippen molar-refractivity contribution in [3.8, 4) is 11.4 Å². The molecular weight excluding hydrogens is 270 g/mol. The minimum absolute atomic E-state index is 0.0147. The molecule has 1 aromatic heterocycles. The Hall–Kier alpha value is -2.38. The van der Waals surface area contributed by atoms with Gasteiger partial charge in [-0.2, -0.15) is 0 Å². The van der Waals surface area contributed by atoms with Gasteiger partial charge in [0, 0.05) is 6.07 Å². The fraction of sp³-hybridized carbons (Fsp3) is 0.333. The molecular formula is C12H12F2N4O2. The molecule has 2 atom stereocenters. The smallest absolute Gasteiger partial charge is 0.308 e. The van der Waals surface area contributed by atoms with Crippen LogP contribution in [-0.4, -0.2) is 31.3 Å². The van der Waals surface area contributed by atoms with Crippen molar-refractivity contribution in [3.63, 3.8) is 0 Å². The normalized spacial score (nSPS) is 14.0. The number of nitrogens with zero attached hydrogens (tertiary/aromatic N) is 4. The van der Waals surface area contributed by atoms with E-state index in [0.717, 1.165) is 12.1 Å². The number of rotatable bonds is 4. The molecule has 0 spiro atoms. The maximum absolute atomic E-state index is 13.8. The van der Waals surface area contributed by atoms with E-state index in [9.17, 15) is 13.6 Å². The third-order valence-corrected chi connectivity index (χ3v) is 3.16. The Labute approximate surface area is 113 Å². The maximum atomic E-state index is 13.8. The molecule has 0 bridgehead atoms. The zero-order chi connectivity index (χ0) is 14.9. The molecule has 0 aliphatic heterocycles. The Kier molecular flexibility index (Phi) is 3.73. The molecule has 0 fully saturated rings. The summed E-state index contributed by atoms with van der Waals surface area (Å²) in [7, 11) is 0. The quantitative estimate of drug-likeness (QED) is 0.926. The molecule has 1 aromatic carbocycles. The molecule has 20 heavy (non-hydrogen) atoms. The van der Waals surface area contributed by atoms with Gasteiger partial charge in [0.05, 0.1) is 17.5 Å². The lowest BCUT2D eigenvalue weighted by Crippen LogP contribution is -2.23. The summed E-state index contributed by atoms with van der Waals surface area (Å²) < 4.78 is 27.9. The predicted molar refractivity (Wildman–Crippen MR) is 64.7 cm³/mol. The Morgan fingerprint density at radius 1 is 1.35 bits per heavy atom. The molecule has 0 saturated carbocycles. The molecule has 2 unspecified atom stereocenters. The lowest BCUT2D eigenvalue weighted by molar-refractivity contribution is -0.142. The van der Waals surface area contributed by atoms with Gasteiger partial charge in [0.15, 0.2) is 5.82 Å². The van der Waals surface area contributed by atoms with E-state index in [1.807, 2.05) is 0 Å². The minimum Gasteiger partial charge on any atom is -0.481 e. The minimum atomic E-state index is -1.02. The van der Waals surface area contributed by atoms with Gasteiger partial charge < -0.3 is 5.11 Å². The molecule has 2 aromatic rings. The topological polar surface area (TPSA) is 80.9 Å². The van der Waals surface area contributed by atoms with Crippen LogP contribution in [0.1, 0.15) is 19.9 Å². The summed E-state index contributed by atoms with van der Waals surface area (Å²) in [6.45, 7) is 3.11. The fourth-order valence-corrected chi connectivity index (χ4v) is 1.73. The summed E-state index contributed by atoms with van der Waals surface area (Å²) >= 11 is 0. The van der Waals surface area contributed by atoms with Crippen LogP contribution >= 0.6 is 0 Å². The zero-order valence-corrected chi connectivity index (χ0v) is 10.8. The number of carbonyl (C=O) groups is 1. The van der Waals surface area contributed by atoms with Crippen molar-refractivity contribution >= 4 is 5.97 Å². The van der Waals surface area contributed by atoms with Crippen molar-refractivity contribution in [2.24, 2.45) is 5.92 Å². The van der Waals surface area contributed by atoms with E-state index < -0.39 is 29.6 Å². The van der Waals surface area contributed by atoms with Crippen LogP contribution in [0.5, 0.6) is 0 Å². The summed E-state index contributed by atoms with van der Waals surface area (Å²) in [5, 5.41) is 19.8. The molecule has 8 heteroatoms. The van der Waals surface area contributed by atoms with Crippen LogP contribution in [0.2, 0.25) is 0 Å². The molecule has 1 heterocycles. The van der Waals surface area contributed by atoms with E-state index in [0.29, 0.717) is 0 Å². The number of hydrogen-bond acceptors (Lipinski definition) is 4. The van der Waals surface area contributed by atoms with E-state index in [1.54, 1.807) is 6.92 Å². The van der Waals surface area contributed by atoms with Gasteiger partial charge in [-0.1, -0.05) is 0 Å². The number of carboxylic acids is 1.